The highest BCUT2D eigenvalue weighted by Crippen LogP contribution is 2.25. The fourth-order valence-corrected chi connectivity index (χ4v) is 4.61. The van der Waals surface area contributed by atoms with Gasteiger partial charge in [-0.25, -0.2) is 9.59 Å². The molecule has 16 heteroatoms. The number of carbonyl (C=O) groups excluding carboxylic acids is 5. The first-order chi connectivity index (χ1) is 20.7. The van der Waals surface area contributed by atoms with Gasteiger partial charge in [-0.3, -0.25) is 18.8 Å². The Kier molecular flexibility index (Phi) is 14.1. The highest BCUT2D eigenvalue weighted by molar-refractivity contribution is 5.94. The van der Waals surface area contributed by atoms with Gasteiger partial charge in [0.05, 0.1) is 12.7 Å². The molecule has 12 nitrogen and oxygen atoms in total. The number of alkyl halides is 4. The molecule has 1 unspecified atom stereocenters. The number of halogens is 4. The molecule has 1 aromatic carbocycles. The van der Waals surface area contributed by atoms with E-state index in [2.05, 4.69) is 15.4 Å². The predicted molar refractivity (Wildman–Crippen MR) is 150 cm³/mol. The Morgan fingerprint density at radius 3 is 2.09 bits per heavy atom. The molecule has 246 valence electrons. The summed E-state index contributed by atoms with van der Waals surface area (Å²) in [5.74, 6) is -6.18. The van der Waals surface area contributed by atoms with Crippen molar-refractivity contribution in [3.63, 3.8) is 0 Å². The van der Waals surface area contributed by atoms with Crippen molar-refractivity contribution in [3.8, 4) is 0 Å². The molecule has 1 fully saturated rings. The number of rotatable bonds is 15. The van der Waals surface area contributed by atoms with Crippen LogP contribution in [0, 0.1) is 0 Å². The highest BCUT2D eigenvalue weighted by Gasteiger charge is 2.47. The second-order valence-electron chi connectivity index (χ2n) is 10.7. The van der Waals surface area contributed by atoms with E-state index in [0.29, 0.717) is 19.4 Å². The Morgan fingerprint density at radius 2 is 1.52 bits per heavy atom. The molecule has 1 heterocycles. The van der Waals surface area contributed by atoms with Crippen LogP contribution in [-0.4, -0.2) is 90.7 Å². The third-order valence-corrected chi connectivity index (χ3v) is 7.25. The Labute approximate surface area is 252 Å². The zero-order chi connectivity index (χ0) is 32.9. The van der Waals surface area contributed by atoms with Gasteiger partial charge in [-0.2, -0.15) is 13.2 Å². The molecule has 44 heavy (non-hydrogen) atoms. The zero-order valence-corrected chi connectivity index (χ0v) is 24.2. The molecule has 0 aromatic heterocycles. The van der Waals surface area contributed by atoms with E-state index >= 15 is 0 Å². The number of piperidine rings is 1. The van der Waals surface area contributed by atoms with Crippen molar-refractivity contribution in [1.29, 1.82) is 0 Å². The molecule has 1 aromatic rings. The second-order valence-corrected chi connectivity index (χ2v) is 10.7. The quantitative estimate of drug-likeness (QED) is 0.0784. The van der Waals surface area contributed by atoms with Crippen LogP contribution in [0.5, 0.6) is 0 Å². The maximum atomic E-state index is 13.4. The van der Waals surface area contributed by atoms with Gasteiger partial charge in [0.1, 0.15) is 17.6 Å². The normalized spacial score (nSPS) is 16.8. The van der Waals surface area contributed by atoms with Crippen molar-refractivity contribution in [2.75, 3.05) is 26.3 Å². The lowest BCUT2D eigenvalue weighted by molar-refractivity contribution is -0.204. The summed E-state index contributed by atoms with van der Waals surface area (Å²) in [6, 6.07) is 5.68. The van der Waals surface area contributed by atoms with Gasteiger partial charge in [-0.1, -0.05) is 30.3 Å². The number of nitrogens with zero attached hydrogens (tertiary/aromatic N) is 1. The maximum absolute atomic E-state index is 13.4. The van der Waals surface area contributed by atoms with E-state index in [-0.39, 0.29) is 51.6 Å². The number of likely N-dealkylation sites (tertiary alicyclic amines) is 1. The molecule has 0 aliphatic carbocycles. The van der Waals surface area contributed by atoms with Gasteiger partial charge in [0, 0.05) is 13.1 Å². The third-order valence-electron chi connectivity index (χ3n) is 7.25. The average molecular weight is 633 g/mol. The molecule has 8 N–H and O–H groups in total. The summed E-state index contributed by atoms with van der Waals surface area (Å²) in [6.07, 6.45) is -4.78. The Balaban J connectivity index is 2.08. The molecule has 1 saturated heterocycles. The Morgan fingerprint density at radius 1 is 0.932 bits per heavy atom. The lowest BCUT2D eigenvalue weighted by Gasteiger charge is -2.38. The van der Waals surface area contributed by atoms with Crippen molar-refractivity contribution in [1.82, 2.24) is 15.5 Å². The summed E-state index contributed by atoms with van der Waals surface area (Å²) in [5, 5.41) is 5.17. The minimum atomic E-state index is -5.38. The summed E-state index contributed by atoms with van der Waals surface area (Å²) in [6.45, 7) is -0.782. The van der Waals surface area contributed by atoms with Crippen LogP contribution in [0.25, 0.3) is 0 Å². The third kappa shape index (κ3) is 11.1. The van der Waals surface area contributed by atoms with Crippen LogP contribution in [0.3, 0.4) is 0 Å². The minimum Gasteiger partial charge on any atom is -0.385 e. The molecule has 3 amide bonds. The SMILES string of the molecule is NCCCC[C@@H](NC(=O)C(CCCF)NC(=O)[C@H](N)Cc1ccccc1)C(=O)N1CCC(N)(C(=O)OC(=O)C(F)(F)F)CC1. The van der Waals surface area contributed by atoms with Crippen LogP contribution < -0.4 is 27.8 Å². The molecule has 1 aliphatic rings. The molecule has 0 saturated carbocycles. The molecular weight excluding hydrogens is 592 g/mol. The summed E-state index contributed by atoms with van der Waals surface area (Å²) in [7, 11) is 0. The topological polar surface area (TPSA) is 200 Å². The van der Waals surface area contributed by atoms with Gasteiger partial charge < -0.3 is 37.5 Å². The number of esters is 2. The predicted octanol–water partition coefficient (Wildman–Crippen LogP) is 0.357. The van der Waals surface area contributed by atoms with Crippen LogP contribution in [0.15, 0.2) is 30.3 Å². The number of amides is 3. The van der Waals surface area contributed by atoms with E-state index in [4.69, 9.17) is 17.2 Å². The summed E-state index contributed by atoms with van der Waals surface area (Å²) in [4.78, 5) is 64.1. The molecular formula is C28H40F4N6O6. The first-order valence-electron chi connectivity index (χ1n) is 14.3. The first-order valence-corrected chi connectivity index (χ1v) is 14.3. The molecule has 1 aliphatic heterocycles. The maximum Gasteiger partial charge on any atom is 0.491 e. The number of nitrogens with one attached hydrogen (secondary N) is 2. The summed E-state index contributed by atoms with van der Waals surface area (Å²) in [5.41, 5.74) is 16.4. The van der Waals surface area contributed by atoms with Crippen LogP contribution in [0.2, 0.25) is 0 Å². The van der Waals surface area contributed by atoms with Crippen molar-refractivity contribution in [2.45, 2.75) is 81.2 Å². The number of benzene rings is 1. The summed E-state index contributed by atoms with van der Waals surface area (Å²) < 4.78 is 54.4. The zero-order valence-electron chi connectivity index (χ0n) is 24.2. The van der Waals surface area contributed by atoms with E-state index in [0.717, 1.165) is 5.56 Å². The monoisotopic (exact) mass is 632 g/mol. The van der Waals surface area contributed by atoms with Crippen LogP contribution >= 0.6 is 0 Å². The fraction of sp³-hybridized carbons (Fsp3) is 0.607. The number of ether oxygens (including phenoxy) is 1. The lowest BCUT2D eigenvalue weighted by atomic mass is 9.88. The van der Waals surface area contributed by atoms with E-state index in [1.165, 1.54) is 4.90 Å². The van der Waals surface area contributed by atoms with Crippen LogP contribution in [-0.2, 0) is 35.1 Å². The van der Waals surface area contributed by atoms with Gasteiger partial charge in [0.25, 0.3) is 0 Å². The standard InChI is InChI=1S/C28H40F4N6O6/c29-13-6-10-20(36-22(39)19(34)17-18-7-2-1-3-8-18)23(40)37-21(9-4-5-14-33)24(41)38-15-11-27(35,12-16-38)25(42)44-26(43)28(30,31)32/h1-3,7-8,19-21H,4-6,9-17,33-35H2,(H,36,39)(H,37,40)/t19-,20?,21-/m1/s1. The van der Waals surface area contributed by atoms with Crippen molar-refractivity contribution in [2.24, 2.45) is 17.2 Å². The summed E-state index contributed by atoms with van der Waals surface area (Å²) >= 11 is 0. The second kappa shape index (κ2) is 17.0. The van der Waals surface area contributed by atoms with Crippen LogP contribution in [0.4, 0.5) is 17.6 Å². The number of hydrogen-bond acceptors (Lipinski definition) is 9. The number of hydrogen-bond donors (Lipinski definition) is 5. The first kappa shape index (κ1) is 36.6. The van der Waals surface area contributed by atoms with E-state index < -0.39 is 66.2 Å². The van der Waals surface area contributed by atoms with E-state index in [1.807, 2.05) is 6.07 Å². The number of carbonyl (C=O) groups is 5. The smallest absolute Gasteiger partial charge is 0.385 e. The number of nitrogens with two attached hydrogens (primary N) is 3. The van der Waals surface area contributed by atoms with Crippen molar-refractivity contribution in [3.05, 3.63) is 35.9 Å². The largest absolute Gasteiger partial charge is 0.491 e. The fourth-order valence-electron chi connectivity index (χ4n) is 4.61. The molecule has 0 radical (unpaired) electrons. The molecule has 0 bridgehead atoms. The molecule has 3 atom stereocenters. The average Bonchev–Trinajstić information content (AvgIpc) is 2.98. The van der Waals surface area contributed by atoms with Gasteiger partial charge in [0.2, 0.25) is 17.7 Å². The van der Waals surface area contributed by atoms with E-state index in [1.54, 1.807) is 24.3 Å². The van der Waals surface area contributed by atoms with Crippen molar-refractivity contribution >= 4 is 29.7 Å². The van der Waals surface area contributed by atoms with Gasteiger partial charge >= 0.3 is 18.1 Å². The van der Waals surface area contributed by atoms with Gasteiger partial charge in [-0.05, 0) is 63.5 Å². The highest BCUT2D eigenvalue weighted by atomic mass is 19.4. The van der Waals surface area contributed by atoms with E-state index in [9.17, 15) is 41.5 Å². The van der Waals surface area contributed by atoms with Gasteiger partial charge in [-0.15, -0.1) is 0 Å². The van der Waals surface area contributed by atoms with Gasteiger partial charge in [0.15, 0.2) is 0 Å². The van der Waals surface area contributed by atoms with Crippen LogP contribution in [0.1, 0.15) is 50.5 Å². The minimum absolute atomic E-state index is 0.0459. The Hall–Kier alpha value is -3.63. The van der Waals surface area contributed by atoms with Crippen molar-refractivity contribution < 1.29 is 46.3 Å². The number of unbranched alkanes of at least 4 members (excludes halogenated alkanes) is 1. The molecule has 0 spiro atoms. The Bertz CT molecular complexity index is 1130. The lowest BCUT2D eigenvalue weighted by Crippen LogP contribution is -2.61. The molecule has 2 rings (SSSR count).